The zero-order valence-corrected chi connectivity index (χ0v) is 26.2. The molecule has 0 aromatic rings. The Morgan fingerprint density at radius 1 is 1.05 bits per heavy atom. The number of hydrogen-bond acceptors (Lipinski definition) is 7. The van der Waals surface area contributed by atoms with Crippen LogP contribution in [0.15, 0.2) is 11.8 Å². The number of ketones is 1. The van der Waals surface area contributed by atoms with Crippen LogP contribution in [0.5, 0.6) is 0 Å². The van der Waals surface area contributed by atoms with Crippen LogP contribution in [0.1, 0.15) is 84.0 Å². The Morgan fingerprint density at radius 2 is 1.81 bits per heavy atom. The number of alkyl halides is 1. The number of nitrogens with one attached hydrogen (secondary N) is 1. The second-order valence-corrected chi connectivity index (χ2v) is 15.1. The number of nitrogens with zero attached hydrogens (tertiary/aromatic N) is 3. The molecule has 3 saturated heterocycles. The number of fused-ring (bicyclic) bond motifs is 3. The van der Waals surface area contributed by atoms with Gasteiger partial charge in [0.1, 0.15) is 6.17 Å². The van der Waals surface area contributed by atoms with E-state index in [-0.39, 0.29) is 60.1 Å². The van der Waals surface area contributed by atoms with E-state index in [1.54, 1.807) is 0 Å². The molecule has 10 atom stereocenters. The predicted octanol–water partition coefficient (Wildman–Crippen LogP) is 3.25. The Bertz CT molecular complexity index is 1060. The fraction of sp³-hybridized carbons (Fsp3) is 0.882. The molecule has 0 radical (unpaired) electrons. The molecule has 4 aliphatic heterocycles. The highest BCUT2D eigenvalue weighted by Gasteiger charge is 2.61. The number of rotatable bonds is 7. The summed E-state index contributed by atoms with van der Waals surface area (Å²) in [5.74, 6) is 0.758. The van der Waals surface area contributed by atoms with E-state index < -0.39 is 12.1 Å². The van der Waals surface area contributed by atoms with Crippen molar-refractivity contribution in [1.82, 2.24) is 20.0 Å². The first-order valence-electron chi connectivity index (χ1n) is 17.7. The van der Waals surface area contributed by atoms with Crippen LogP contribution in [-0.4, -0.2) is 108 Å². The van der Waals surface area contributed by atoms with Gasteiger partial charge in [-0.25, -0.2) is 4.39 Å². The topological polar surface area (TPSA) is 91.1 Å². The molecule has 3 N–H and O–H groups in total. The summed E-state index contributed by atoms with van der Waals surface area (Å²) in [4.78, 5) is 34.8. The van der Waals surface area contributed by atoms with Crippen LogP contribution in [0.4, 0.5) is 4.39 Å². The molecule has 6 fully saturated rings. The second-order valence-electron chi connectivity index (χ2n) is 15.1. The SMILES string of the molecule is CCCCN1CCC(CNC(=O)C2=CN3C4CC5CCCCC5CC4OC4C(N5CCC(N)C5)C(F)CC(C2=O)C43)CC1. The van der Waals surface area contributed by atoms with Gasteiger partial charge in [0.15, 0.2) is 5.78 Å². The van der Waals surface area contributed by atoms with E-state index >= 15 is 4.39 Å². The minimum absolute atomic E-state index is 0.0111. The van der Waals surface area contributed by atoms with Gasteiger partial charge in [-0.3, -0.25) is 14.5 Å². The Labute approximate surface area is 257 Å². The first kappa shape index (κ1) is 30.1. The van der Waals surface area contributed by atoms with Crippen molar-refractivity contribution in [3.05, 3.63) is 11.8 Å². The molecule has 43 heavy (non-hydrogen) atoms. The van der Waals surface area contributed by atoms with Crippen molar-refractivity contribution in [3.63, 3.8) is 0 Å². The van der Waals surface area contributed by atoms with Crippen LogP contribution < -0.4 is 11.1 Å². The van der Waals surface area contributed by atoms with Crippen LogP contribution in [0, 0.1) is 23.7 Å². The molecule has 3 aliphatic carbocycles. The third-order valence-corrected chi connectivity index (χ3v) is 12.5. The molecule has 0 spiro atoms. The number of ether oxygens (including phenoxy) is 1. The molecule has 1 amide bonds. The number of halogens is 1. The number of Topliss-reactive ketones (excluding diaryl/α,β-unsaturated/α-hetero) is 1. The summed E-state index contributed by atoms with van der Waals surface area (Å²) in [5.41, 5.74) is 6.51. The Balaban J connectivity index is 1.11. The maximum atomic E-state index is 16.2. The standard InChI is InChI=1S/C34H54FN5O3/c1-2-3-11-38-12-8-21(9-13-38)18-37-34(42)26-20-40-28-15-22-6-4-5-7-23(22)16-29(28)43-33-30(40)25(32(26)41)17-27(35)31(33)39-14-10-24(36)19-39/h20-25,27-31,33H,2-19,36H2,1H3,(H,37,42). The summed E-state index contributed by atoms with van der Waals surface area (Å²) in [5, 5.41) is 3.15. The van der Waals surface area contributed by atoms with Crippen molar-refractivity contribution in [1.29, 1.82) is 0 Å². The summed E-state index contributed by atoms with van der Waals surface area (Å²) in [7, 11) is 0. The maximum absolute atomic E-state index is 16.2. The van der Waals surface area contributed by atoms with E-state index in [4.69, 9.17) is 10.5 Å². The lowest BCUT2D eigenvalue weighted by Crippen LogP contribution is -2.73. The van der Waals surface area contributed by atoms with Gasteiger partial charge in [-0.05, 0) is 82.3 Å². The number of likely N-dealkylation sites (tertiary alicyclic amines) is 2. The van der Waals surface area contributed by atoms with Gasteiger partial charge in [0.2, 0.25) is 0 Å². The summed E-state index contributed by atoms with van der Waals surface area (Å²) >= 11 is 0. The molecule has 3 saturated carbocycles. The van der Waals surface area contributed by atoms with Gasteiger partial charge >= 0.3 is 0 Å². The van der Waals surface area contributed by atoms with Crippen molar-refractivity contribution >= 4 is 11.7 Å². The van der Waals surface area contributed by atoms with Gasteiger partial charge in [-0.1, -0.05) is 39.0 Å². The van der Waals surface area contributed by atoms with Gasteiger partial charge < -0.3 is 25.6 Å². The number of unbranched alkanes of at least 4 members (excludes halogenated alkanes) is 1. The minimum Gasteiger partial charge on any atom is -0.369 e. The van der Waals surface area contributed by atoms with E-state index in [1.807, 2.05) is 6.20 Å². The Hall–Kier alpha value is -1.55. The number of piperidine rings is 1. The first-order valence-corrected chi connectivity index (χ1v) is 17.7. The molecule has 10 unspecified atom stereocenters. The second kappa shape index (κ2) is 12.7. The van der Waals surface area contributed by atoms with Crippen molar-refractivity contribution in [3.8, 4) is 0 Å². The van der Waals surface area contributed by atoms with E-state index in [2.05, 4.69) is 26.9 Å². The highest BCUT2D eigenvalue weighted by atomic mass is 19.1. The number of amides is 1. The van der Waals surface area contributed by atoms with Crippen LogP contribution in [0.3, 0.4) is 0 Å². The fourth-order valence-corrected chi connectivity index (χ4v) is 10.1. The normalized spacial score (nSPS) is 42.2. The largest absolute Gasteiger partial charge is 0.369 e. The molecule has 240 valence electrons. The molecule has 9 heteroatoms. The lowest BCUT2D eigenvalue weighted by Gasteiger charge is -2.61. The molecular weight excluding hydrogens is 545 g/mol. The summed E-state index contributed by atoms with van der Waals surface area (Å²) < 4.78 is 23.2. The molecule has 7 aliphatic rings. The van der Waals surface area contributed by atoms with E-state index in [9.17, 15) is 9.59 Å². The van der Waals surface area contributed by atoms with Crippen LogP contribution in [0.25, 0.3) is 0 Å². The summed E-state index contributed by atoms with van der Waals surface area (Å²) in [6.07, 6.45) is 13.1. The number of carbonyl (C=O) groups excluding carboxylic acids is 2. The quantitative estimate of drug-likeness (QED) is 0.435. The average Bonchev–Trinajstić information content (AvgIpc) is 3.44. The third-order valence-electron chi connectivity index (χ3n) is 12.5. The van der Waals surface area contributed by atoms with Crippen LogP contribution in [0.2, 0.25) is 0 Å². The predicted molar refractivity (Wildman–Crippen MR) is 164 cm³/mol. The lowest BCUT2D eigenvalue weighted by atomic mass is 9.64. The number of carbonyl (C=O) groups is 2. The van der Waals surface area contributed by atoms with Gasteiger partial charge in [-0.2, -0.15) is 0 Å². The van der Waals surface area contributed by atoms with Crippen molar-refractivity contribution in [2.45, 2.75) is 127 Å². The lowest BCUT2D eigenvalue weighted by molar-refractivity contribution is -0.219. The van der Waals surface area contributed by atoms with Crippen molar-refractivity contribution in [2.75, 3.05) is 39.3 Å². The van der Waals surface area contributed by atoms with E-state index in [0.717, 1.165) is 58.3 Å². The maximum Gasteiger partial charge on any atom is 0.256 e. The summed E-state index contributed by atoms with van der Waals surface area (Å²) in [6, 6.07) is -0.403. The molecular formula is C34H54FN5O3. The van der Waals surface area contributed by atoms with Gasteiger partial charge in [0.05, 0.1) is 35.9 Å². The molecule has 0 aromatic carbocycles. The molecule has 0 aromatic heterocycles. The first-order chi connectivity index (χ1) is 20.9. The molecule has 4 heterocycles. The highest BCUT2D eigenvalue weighted by molar-refractivity contribution is 6.20. The van der Waals surface area contributed by atoms with Crippen LogP contribution >= 0.6 is 0 Å². The number of morpholine rings is 1. The van der Waals surface area contributed by atoms with Gasteiger partial charge in [-0.15, -0.1) is 0 Å². The van der Waals surface area contributed by atoms with Crippen molar-refractivity contribution in [2.24, 2.45) is 29.4 Å². The Kier molecular flexibility index (Phi) is 8.89. The third kappa shape index (κ3) is 5.81. The van der Waals surface area contributed by atoms with E-state index in [1.165, 1.54) is 38.5 Å². The number of hydrogen-bond donors (Lipinski definition) is 2. The van der Waals surface area contributed by atoms with Crippen LogP contribution in [-0.2, 0) is 14.3 Å². The van der Waals surface area contributed by atoms with E-state index in [0.29, 0.717) is 30.8 Å². The molecule has 0 bridgehead atoms. The van der Waals surface area contributed by atoms with Gasteiger partial charge in [0, 0.05) is 37.8 Å². The monoisotopic (exact) mass is 599 g/mol. The van der Waals surface area contributed by atoms with Crippen molar-refractivity contribution < 1.29 is 18.7 Å². The zero-order chi connectivity index (χ0) is 29.7. The minimum atomic E-state index is -1.18. The average molecular weight is 600 g/mol. The Morgan fingerprint density at radius 3 is 2.53 bits per heavy atom. The number of nitrogens with two attached hydrogens (primary N) is 1. The highest BCUT2D eigenvalue weighted by Crippen LogP contribution is 2.51. The fourth-order valence-electron chi connectivity index (χ4n) is 10.1. The van der Waals surface area contributed by atoms with Gasteiger partial charge in [0.25, 0.3) is 5.91 Å². The smallest absolute Gasteiger partial charge is 0.256 e. The molecule has 8 nitrogen and oxygen atoms in total. The molecule has 7 rings (SSSR count). The zero-order valence-electron chi connectivity index (χ0n) is 26.2. The summed E-state index contributed by atoms with van der Waals surface area (Å²) in [6.45, 7) is 7.59.